The van der Waals surface area contributed by atoms with Crippen LogP contribution in [0.5, 0.6) is 0 Å². The van der Waals surface area contributed by atoms with Crippen molar-refractivity contribution in [1.82, 2.24) is 10.2 Å². The lowest BCUT2D eigenvalue weighted by Gasteiger charge is -2.37. The first-order chi connectivity index (χ1) is 9.47. The van der Waals surface area contributed by atoms with Crippen molar-refractivity contribution in [2.45, 2.75) is 70.1 Å². The summed E-state index contributed by atoms with van der Waals surface area (Å²) in [6.07, 6.45) is 2.99. The summed E-state index contributed by atoms with van der Waals surface area (Å²) in [6.45, 7) is 4.19. The topological polar surface area (TPSA) is 15.3 Å². The zero-order valence-electron chi connectivity index (χ0n) is 12.4. The molecular weight excluding hydrogens is 265 g/mol. The third-order valence-electron chi connectivity index (χ3n) is 4.92. The molecule has 1 unspecified atom stereocenters. The summed E-state index contributed by atoms with van der Waals surface area (Å²) < 4.78 is 37.9. The molecule has 1 heterocycles. The fourth-order valence-electron chi connectivity index (χ4n) is 3.44. The second-order valence-corrected chi connectivity index (χ2v) is 6.44. The van der Waals surface area contributed by atoms with Crippen LogP contribution in [0.3, 0.4) is 0 Å². The van der Waals surface area contributed by atoms with Gasteiger partial charge in [0.2, 0.25) is 0 Å². The molecule has 1 saturated heterocycles. The average molecular weight is 292 g/mol. The van der Waals surface area contributed by atoms with E-state index in [2.05, 4.69) is 17.1 Å². The van der Waals surface area contributed by atoms with Gasteiger partial charge in [-0.25, -0.2) is 0 Å². The molecule has 1 N–H and O–H groups in total. The minimum Gasteiger partial charge on any atom is -0.312 e. The van der Waals surface area contributed by atoms with Crippen LogP contribution in [0.4, 0.5) is 13.2 Å². The zero-order chi connectivity index (χ0) is 14.6. The van der Waals surface area contributed by atoms with Crippen molar-refractivity contribution in [3.63, 3.8) is 0 Å². The maximum absolute atomic E-state index is 12.6. The lowest BCUT2D eigenvalue weighted by atomic mass is 9.94. The molecule has 0 aromatic rings. The van der Waals surface area contributed by atoms with E-state index in [1.165, 1.54) is 32.1 Å². The minimum atomic E-state index is -4.00. The van der Waals surface area contributed by atoms with E-state index in [9.17, 15) is 13.2 Å². The molecule has 1 aliphatic carbocycles. The maximum Gasteiger partial charge on any atom is 0.391 e. The molecule has 2 aliphatic rings. The van der Waals surface area contributed by atoms with Gasteiger partial charge in [0, 0.05) is 18.6 Å². The Kier molecular flexibility index (Phi) is 5.73. The standard InChI is InChI=1S/C15H27F3N2/c1-12(11-19-14-5-3-2-4-6-14)20-9-7-13(8-10-20)15(16,17)18/h12-14,19H,2-11H2,1H3. The summed E-state index contributed by atoms with van der Waals surface area (Å²) in [7, 11) is 0. The predicted molar refractivity (Wildman–Crippen MR) is 74.7 cm³/mol. The van der Waals surface area contributed by atoms with Crippen LogP contribution in [0.1, 0.15) is 51.9 Å². The number of hydrogen-bond donors (Lipinski definition) is 1. The molecule has 1 aliphatic heterocycles. The molecule has 118 valence electrons. The Labute approximate surface area is 120 Å². The van der Waals surface area contributed by atoms with Crippen LogP contribution in [0.25, 0.3) is 0 Å². The molecule has 1 saturated carbocycles. The van der Waals surface area contributed by atoms with E-state index in [-0.39, 0.29) is 12.8 Å². The molecule has 0 amide bonds. The van der Waals surface area contributed by atoms with Gasteiger partial charge in [0.25, 0.3) is 0 Å². The SMILES string of the molecule is CC(CNC1CCCCC1)N1CCC(C(F)(F)F)CC1. The van der Waals surface area contributed by atoms with Gasteiger partial charge in [-0.2, -0.15) is 13.2 Å². The molecule has 2 fully saturated rings. The Morgan fingerprint density at radius 3 is 2.20 bits per heavy atom. The Morgan fingerprint density at radius 1 is 1.05 bits per heavy atom. The van der Waals surface area contributed by atoms with Crippen molar-refractivity contribution in [3.8, 4) is 0 Å². The number of likely N-dealkylation sites (tertiary alicyclic amines) is 1. The molecule has 0 aromatic carbocycles. The van der Waals surface area contributed by atoms with E-state index in [0.29, 0.717) is 25.2 Å². The fourth-order valence-corrected chi connectivity index (χ4v) is 3.44. The highest BCUT2D eigenvalue weighted by atomic mass is 19.4. The quantitative estimate of drug-likeness (QED) is 0.852. The van der Waals surface area contributed by atoms with Gasteiger partial charge in [0.15, 0.2) is 0 Å². The monoisotopic (exact) mass is 292 g/mol. The van der Waals surface area contributed by atoms with Crippen LogP contribution in [0.15, 0.2) is 0 Å². The number of piperidine rings is 1. The van der Waals surface area contributed by atoms with Crippen LogP contribution >= 0.6 is 0 Å². The largest absolute Gasteiger partial charge is 0.391 e. The molecule has 0 bridgehead atoms. The minimum absolute atomic E-state index is 0.261. The Morgan fingerprint density at radius 2 is 1.65 bits per heavy atom. The molecule has 20 heavy (non-hydrogen) atoms. The van der Waals surface area contributed by atoms with E-state index in [0.717, 1.165) is 6.54 Å². The van der Waals surface area contributed by atoms with Gasteiger partial charge in [-0.15, -0.1) is 0 Å². The van der Waals surface area contributed by atoms with Crippen molar-refractivity contribution in [2.24, 2.45) is 5.92 Å². The van der Waals surface area contributed by atoms with Crippen molar-refractivity contribution in [1.29, 1.82) is 0 Å². The molecule has 0 radical (unpaired) electrons. The first-order valence-electron chi connectivity index (χ1n) is 8.01. The van der Waals surface area contributed by atoms with E-state index >= 15 is 0 Å². The number of nitrogens with zero attached hydrogens (tertiary/aromatic N) is 1. The molecule has 1 atom stereocenters. The summed E-state index contributed by atoms with van der Waals surface area (Å²) in [4.78, 5) is 2.21. The van der Waals surface area contributed by atoms with E-state index < -0.39 is 12.1 Å². The first-order valence-corrected chi connectivity index (χ1v) is 8.01. The van der Waals surface area contributed by atoms with E-state index in [1.807, 2.05) is 0 Å². The van der Waals surface area contributed by atoms with Crippen molar-refractivity contribution < 1.29 is 13.2 Å². The molecule has 5 heteroatoms. The van der Waals surface area contributed by atoms with Gasteiger partial charge in [0.1, 0.15) is 0 Å². The number of nitrogens with one attached hydrogen (secondary N) is 1. The Hall–Kier alpha value is -0.290. The summed E-state index contributed by atoms with van der Waals surface area (Å²) in [5, 5.41) is 3.60. The summed E-state index contributed by atoms with van der Waals surface area (Å²) in [5.74, 6) is -1.09. The van der Waals surface area contributed by atoms with Crippen molar-refractivity contribution >= 4 is 0 Å². The van der Waals surface area contributed by atoms with Gasteiger partial charge in [0.05, 0.1) is 5.92 Å². The van der Waals surface area contributed by atoms with E-state index in [4.69, 9.17) is 0 Å². The lowest BCUT2D eigenvalue weighted by molar-refractivity contribution is -0.185. The van der Waals surface area contributed by atoms with Crippen molar-refractivity contribution in [3.05, 3.63) is 0 Å². The molecular formula is C15H27F3N2. The van der Waals surface area contributed by atoms with Gasteiger partial charge in [-0.3, -0.25) is 4.90 Å². The van der Waals surface area contributed by atoms with Crippen LogP contribution in [-0.2, 0) is 0 Å². The van der Waals surface area contributed by atoms with Crippen molar-refractivity contribution in [2.75, 3.05) is 19.6 Å². The lowest BCUT2D eigenvalue weighted by Crippen LogP contribution is -2.48. The highest BCUT2D eigenvalue weighted by molar-refractivity contribution is 4.82. The number of alkyl halides is 3. The molecule has 0 spiro atoms. The fraction of sp³-hybridized carbons (Fsp3) is 1.00. The van der Waals surface area contributed by atoms with Gasteiger partial charge in [-0.05, 0) is 45.7 Å². The van der Waals surface area contributed by atoms with Crippen LogP contribution in [0.2, 0.25) is 0 Å². The van der Waals surface area contributed by atoms with Crippen LogP contribution < -0.4 is 5.32 Å². The Bertz CT molecular complexity index is 279. The normalized spacial score (nSPS) is 25.8. The van der Waals surface area contributed by atoms with Gasteiger partial charge in [-0.1, -0.05) is 19.3 Å². The maximum atomic E-state index is 12.6. The third-order valence-corrected chi connectivity index (χ3v) is 4.92. The highest BCUT2D eigenvalue weighted by Crippen LogP contribution is 2.34. The Balaban J connectivity index is 1.67. The third kappa shape index (κ3) is 4.62. The zero-order valence-corrected chi connectivity index (χ0v) is 12.4. The summed E-state index contributed by atoms with van der Waals surface area (Å²) in [6, 6.07) is 0.963. The van der Waals surface area contributed by atoms with Crippen LogP contribution in [0, 0.1) is 5.92 Å². The molecule has 2 rings (SSSR count). The highest BCUT2D eigenvalue weighted by Gasteiger charge is 2.41. The van der Waals surface area contributed by atoms with E-state index in [1.54, 1.807) is 0 Å². The first kappa shape index (κ1) is 16.1. The summed E-state index contributed by atoms with van der Waals surface area (Å²) >= 11 is 0. The van der Waals surface area contributed by atoms with Gasteiger partial charge >= 0.3 is 6.18 Å². The number of halogens is 3. The number of rotatable bonds is 4. The number of hydrogen-bond acceptors (Lipinski definition) is 2. The van der Waals surface area contributed by atoms with Gasteiger partial charge < -0.3 is 5.32 Å². The smallest absolute Gasteiger partial charge is 0.312 e. The molecule has 0 aromatic heterocycles. The second-order valence-electron chi connectivity index (χ2n) is 6.44. The van der Waals surface area contributed by atoms with Crippen LogP contribution in [-0.4, -0.2) is 42.8 Å². The molecule has 2 nitrogen and oxygen atoms in total. The average Bonchev–Trinajstić information content (AvgIpc) is 2.45. The second kappa shape index (κ2) is 7.12. The summed E-state index contributed by atoms with van der Waals surface area (Å²) in [5.41, 5.74) is 0. The predicted octanol–water partition coefficient (Wildman–Crippen LogP) is 3.57.